The number of aryl methyl sites for hydroxylation is 1. The van der Waals surface area contributed by atoms with E-state index in [-0.39, 0.29) is 36.0 Å². The van der Waals surface area contributed by atoms with E-state index in [9.17, 15) is 14.0 Å². The van der Waals surface area contributed by atoms with Crippen molar-refractivity contribution in [3.05, 3.63) is 71.0 Å². The summed E-state index contributed by atoms with van der Waals surface area (Å²) in [5.41, 5.74) is 3.22. The van der Waals surface area contributed by atoms with Crippen molar-refractivity contribution >= 4 is 23.6 Å². The molecule has 2 amide bonds. The van der Waals surface area contributed by atoms with Gasteiger partial charge in [0.25, 0.3) is 0 Å². The normalized spacial score (nSPS) is 15.2. The maximum Gasteiger partial charge on any atom is 0.242 e. The first-order valence-electron chi connectivity index (χ1n) is 11.4. The van der Waals surface area contributed by atoms with Crippen molar-refractivity contribution in [1.82, 2.24) is 10.2 Å². The Balaban J connectivity index is 1.65. The molecule has 32 heavy (non-hydrogen) atoms. The molecule has 4 nitrogen and oxygen atoms in total. The van der Waals surface area contributed by atoms with Gasteiger partial charge in [-0.15, -0.1) is 11.8 Å². The van der Waals surface area contributed by atoms with Crippen LogP contribution in [0.2, 0.25) is 0 Å². The van der Waals surface area contributed by atoms with Gasteiger partial charge in [0, 0.05) is 18.3 Å². The summed E-state index contributed by atoms with van der Waals surface area (Å²) in [5, 5.41) is 3.14. The number of amides is 2. The monoisotopic (exact) mass is 456 g/mol. The number of hydrogen-bond acceptors (Lipinski definition) is 3. The van der Waals surface area contributed by atoms with Gasteiger partial charge in [-0.25, -0.2) is 4.39 Å². The first-order valence-corrected chi connectivity index (χ1v) is 12.6. The quantitative estimate of drug-likeness (QED) is 0.562. The minimum atomic E-state index is -0.589. The molecule has 0 radical (unpaired) electrons. The van der Waals surface area contributed by atoms with Gasteiger partial charge < -0.3 is 10.2 Å². The van der Waals surface area contributed by atoms with E-state index in [1.165, 1.54) is 29.7 Å². The summed E-state index contributed by atoms with van der Waals surface area (Å²) in [7, 11) is 0. The molecule has 0 unspecified atom stereocenters. The highest BCUT2D eigenvalue weighted by Gasteiger charge is 2.28. The lowest BCUT2D eigenvalue weighted by Crippen LogP contribution is -2.50. The van der Waals surface area contributed by atoms with Crippen molar-refractivity contribution in [3.63, 3.8) is 0 Å². The van der Waals surface area contributed by atoms with Crippen LogP contribution in [0.15, 0.2) is 48.5 Å². The van der Waals surface area contributed by atoms with E-state index in [1.807, 2.05) is 12.1 Å². The number of carbonyl (C=O) groups is 2. The van der Waals surface area contributed by atoms with Crippen LogP contribution >= 0.6 is 11.8 Å². The molecule has 1 fully saturated rings. The molecule has 1 atom stereocenters. The minimum absolute atomic E-state index is 0.0841. The smallest absolute Gasteiger partial charge is 0.242 e. The number of thioether (sulfide) groups is 1. The Morgan fingerprint density at radius 1 is 1.09 bits per heavy atom. The molecule has 0 aliphatic heterocycles. The average Bonchev–Trinajstić information content (AvgIpc) is 2.80. The largest absolute Gasteiger partial charge is 0.352 e. The summed E-state index contributed by atoms with van der Waals surface area (Å²) in [4.78, 5) is 27.8. The highest BCUT2D eigenvalue weighted by atomic mass is 32.2. The summed E-state index contributed by atoms with van der Waals surface area (Å²) in [5.74, 6) is 0.515. The fourth-order valence-corrected chi connectivity index (χ4v) is 5.03. The number of rotatable bonds is 9. The highest BCUT2D eigenvalue weighted by Crippen LogP contribution is 2.20. The van der Waals surface area contributed by atoms with Crippen molar-refractivity contribution in [2.75, 3.05) is 5.75 Å². The van der Waals surface area contributed by atoms with E-state index in [0.717, 1.165) is 37.0 Å². The Hall–Kier alpha value is -2.34. The second kappa shape index (κ2) is 12.0. The van der Waals surface area contributed by atoms with Crippen molar-refractivity contribution in [3.8, 4) is 0 Å². The zero-order valence-corrected chi connectivity index (χ0v) is 19.8. The van der Waals surface area contributed by atoms with Gasteiger partial charge in [0.05, 0.1) is 5.75 Å². The Kier molecular flexibility index (Phi) is 9.15. The molecule has 1 saturated carbocycles. The van der Waals surface area contributed by atoms with Crippen molar-refractivity contribution in [2.45, 2.75) is 70.3 Å². The zero-order valence-electron chi connectivity index (χ0n) is 19.0. The molecule has 0 aromatic heterocycles. The number of halogens is 1. The van der Waals surface area contributed by atoms with E-state index in [2.05, 4.69) is 24.4 Å². The summed E-state index contributed by atoms with van der Waals surface area (Å²) in [6, 6.07) is 13.9. The molecular weight excluding hydrogens is 423 g/mol. The van der Waals surface area contributed by atoms with Gasteiger partial charge in [-0.3, -0.25) is 9.59 Å². The van der Waals surface area contributed by atoms with Crippen LogP contribution in [0.3, 0.4) is 0 Å². The number of nitrogens with one attached hydrogen (secondary N) is 1. The van der Waals surface area contributed by atoms with Gasteiger partial charge in [0.15, 0.2) is 0 Å². The predicted octanol–water partition coefficient (Wildman–Crippen LogP) is 5.23. The molecule has 0 heterocycles. The van der Waals surface area contributed by atoms with Crippen molar-refractivity contribution in [1.29, 1.82) is 0 Å². The van der Waals surface area contributed by atoms with Crippen LogP contribution in [0.1, 0.15) is 55.7 Å². The Morgan fingerprint density at radius 2 is 1.78 bits per heavy atom. The van der Waals surface area contributed by atoms with Crippen molar-refractivity contribution < 1.29 is 14.0 Å². The summed E-state index contributed by atoms with van der Waals surface area (Å²) in [6.07, 6.45) is 5.47. The van der Waals surface area contributed by atoms with E-state index >= 15 is 0 Å². The lowest BCUT2D eigenvalue weighted by molar-refractivity contribution is -0.139. The molecule has 3 rings (SSSR count). The summed E-state index contributed by atoms with van der Waals surface area (Å²) < 4.78 is 13.3. The molecule has 1 N–H and O–H groups in total. The first kappa shape index (κ1) is 24.3. The average molecular weight is 457 g/mol. The maximum absolute atomic E-state index is 13.3. The zero-order chi connectivity index (χ0) is 22.9. The SMILES string of the molecule is Cc1ccccc1CSCC(=O)N(Cc1ccc(F)cc1)[C@@H](C)C(=O)NC1CCCCC1. The van der Waals surface area contributed by atoms with Gasteiger partial charge in [0.2, 0.25) is 11.8 Å². The highest BCUT2D eigenvalue weighted by molar-refractivity contribution is 7.99. The second-order valence-electron chi connectivity index (χ2n) is 8.59. The third kappa shape index (κ3) is 7.09. The molecule has 0 spiro atoms. The molecule has 2 aromatic rings. The number of nitrogens with zero attached hydrogens (tertiary/aromatic N) is 1. The van der Waals surface area contributed by atoms with Gasteiger partial charge >= 0.3 is 0 Å². The third-order valence-corrected chi connectivity index (χ3v) is 7.10. The number of carbonyl (C=O) groups excluding carboxylic acids is 2. The Morgan fingerprint density at radius 3 is 2.47 bits per heavy atom. The molecule has 172 valence electrons. The fourth-order valence-electron chi connectivity index (χ4n) is 4.04. The van der Waals surface area contributed by atoms with Crippen LogP contribution in [-0.2, 0) is 21.9 Å². The Labute approximate surface area is 195 Å². The van der Waals surface area contributed by atoms with Gasteiger partial charge in [-0.1, -0.05) is 55.7 Å². The minimum Gasteiger partial charge on any atom is -0.352 e. The molecule has 0 saturated heterocycles. The van der Waals surface area contributed by atoms with Crippen LogP contribution in [0.4, 0.5) is 4.39 Å². The van der Waals surface area contributed by atoms with Gasteiger partial charge in [-0.2, -0.15) is 0 Å². The predicted molar refractivity (Wildman–Crippen MR) is 129 cm³/mol. The summed E-state index contributed by atoms with van der Waals surface area (Å²) in [6.45, 7) is 4.13. The molecule has 1 aliphatic carbocycles. The number of hydrogen-bond donors (Lipinski definition) is 1. The molecule has 0 bridgehead atoms. The van der Waals surface area contributed by atoms with Crippen LogP contribution < -0.4 is 5.32 Å². The molecule has 2 aromatic carbocycles. The molecule has 6 heteroatoms. The number of benzene rings is 2. The second-order valence-corrected chi connectivity index (χ2v) is 9.57. The van der Waals surface area contributed by atoms with Crippen LogP contribution in [0, 0.1) is 12.7 Å². The lowest BCUT2D eigenvalue weighted by Gasteiger charge is -2.31. The third-order valence-electron chi connectivity index (χ3n) is 6.13. The van der Waals surface area contributed by atoms with Crippen LogP contribution in [0.25, 0.3) is 0 Å². The Bertz CT molecular complexity index is 897. The van der Waals surface area contributed by atoms with E-state index in [0.29, 0.717) is 0 Å². The molecule has 1 aliphatic rings. The standard InChI is InChI=1S/C26H33FN2O2S/c1-19-8-6-7-9-22(19)17-32-18-25(30)29(16-21-12-14-23(27)15-13-21)20(2)26(31)28-24-10-4-3-5-11-24/h6-9,12-15,20,24H,3-5,10-11,16-18H2,1-2H3,(H,28,31)/t20-/m0/s1. The van der Waals surface area contributed by atoms with E-state index in [1.54, 1.807) is 35.7 Å². The van der Waals surface area contributed by atoms with Crippen molar-refractivity contribution in [2.24, 2.45) is 0 Å². The lowest BCUT2D eigenvalue weighted by atomic mass is 9.95. The van der Waals surface area contributed by atoms with E-state index in [4.69, 9.17) is 0 Å². The van der Waals surface area contributed by atoms with Gasteiger partial charge in [0.1, 0.15) is 11.9 Å². The van der Waals surface area contributed by atoms with Crippen LogP contribution in [0.5, 0.6) is 0 Å². The maximum atomic E-state index is 13.3. The first-order chi connectivity index (χ1) is 15.4. The van der Waals surface area contributed by atoms with Gasteiger partial charge in [-0.05, 0) is 55.5 Å². The summed E-state index contributed by atoms with van der Waals surface area (Å²) >= 11 is 1.55. The van der Waals surface area contributed by atoms with E-state index < -0.39 is 6.04 Å². The topological polar surface area (TPSA) is 49.4 Å². The molecular formula is C26H33FN2O2S. The van der Waals surface area contributed by atoms with Crippen LogP contribution in [-0.4, -0.2) is 34.6 Å². The fraction of sp³-hybridized carbons (Fsp3) is 0.462.